The van der Waals surface area contributed by atoms with Crippen molar-refractivity contribution in [2.24, 2.45) is 17.8 Å². The maximum absolute atomic E-state index is 12.1. The highest BCUT2D eigenvalue weighted by atomic mass is 16.5. The second kappa shape index (κ2) is 7.44. The first-order valence-corrected chi connectivity index (χ1v) is 8.00. The molecule has 0 aliphatic heterocycles. The molecule has 114 valence electrons. The Balaban J connectivity index is 1.95. The number of ether oxygens (including phenoxy) is 1. The minimum absolute atomic E-state index is 0.0710. The summed E-state index contributed by atoms with van der Waals surface area (Å²) in [5.74, 6) is 1.49. The average molecular weight is 286 g/mol. The van der Waals surface area contributed by atoms with Gasteiger partial charge in [0.1, 0.15) is 6.10 Å². The smallest absolute Gasteiger partial charge is 0.331 e. The van der Waals surface area contributed by atoms with E-state index < -0.39 is 0 Å². The van der Waals surface area contributed by atoms with Crippen molar-refractivity contribution in [3.63, 3.8) is 0 Å². The molecule has 1 aromatic carbocycles. The van der Waals surface area contributed by atoms with Gasteiger partial charge >= 0.3 is 5.97 Å². The number of rotatable bonds is 4. The molecule has 0 N–H and O–H groups in total. The zero-order valence-electron chi connectivity index (χ0n) is 13.3. The predicted octanol–water partition coefficient (Wildman–Crippen LogP) is 4.70. The van der Waals surface area contributed by atoms with Crippen LogP contribution in [0.5, 0.6) is 0 Å². The number of carbonyl (C=O) groups is 1. The first kappa shape index (κ1) is 15.8. The van der Waals surface area contributed by atoms with Gasteiger partial charge in [0.2, 0.25) is 0 Å². The molecule has 1 aromatic rings. The molecule has 0 bridgehead atoms. The van der Waals surface area contributed by atoms with Crippen molar-refractivity contribution in [1.82, 2.24) is 0 Å². The molecule has 0 aromatic heterocycles. The SMILES string of the molecule is CC(C)[C@H]1CC[C@@H](C)C[C@H]1OC(=O)C=Cc1ccccc1. The first-order chi connectivity index (χ1) is 10.1. The highest BCUT2D eigenvalue weighted by Gasteiger charge is 2.32. The molecule has 0 spiro atoms. The lowest BCUT2D eigenvalue weighted by Gasteiger charge is -2.36. The summed E-state index contributed by atoms with van der Waals surface area (Å²) >= 11 is 0. The van der Waals surface area contributed by atoms with Crippen molar-refractivity contribution < 1.29 is 9.53 Å². The van der Waals surface area contributed by atoms with E-state index in [1.54, 1.807) is 6.08 Å². The van der Waals surface area contributed by atoms with Crippen molar-refractivity contribution in [3.8, 4) is 0 Å². The van der Waals surface area contributed by atoms with Gasteiger partial charge < -0.3 is 4.74 Å². The molecule has 0 heterocycles. The first-order valence-electron chi connectivity index (χ1n) is 8.00. The fraction of sp³-hybridized carbons (Fsp3) is 0.526. The van der Waals surface area contributed by atoms with Crippen LogP contribution in [0.2, 0.25) is 0 Å². The van der Waals surface area contributed by atoms with Crippen molar-refractivity contribution >= 4 is 12.0 Å². The third-order valence-corrected chi connectivity index (χ3v) is 4.44. The van der Waals surface area contributed by atoms with E-state index in [-0.39, 0.29) is 12.1 Å². The van der Waals surface area contributed by atoms with Crippen molar-refractivity contribution in [2.75, 3.05) is 0 Å². The summed E-state index contributed by atoms with van der Waals surface area (Å²) in [7, 11) is 0. The van der Waals surface area contributed by atoms with E-state index in [0.717, 1.165) is 12.0 Å². The zero-order valence-corrected chi connectivity index (χ0v) is 13.3. The Morgan fingerprint density at radius 2 is 1.95 bits per heavy atom. The van der Waals surface area contributed by atoms with Crippen molar-refractivity contribution in [3.05, 3.63) is 42.0 Å². The molecule has 2 nitrogen and oxygen atoms in total. The Labute approximate surface area is 128 Å². The number of hydrogen-bond acceptors (Lipinski definition) is 2. The second-order valence-corrected chi connectivity index (χ2v) is 6.55. The van der Waals surface area contributed by atoms with Crippen LogP contribution < -0.4 is 0 Å². The van der Waals surface area contributed by atoms with E-state index in [1.165, 1.54) is 12.8 Å². The molecule has 3 atom stereocenters. The molecule has 1 fully saturated rings. The molecular weight excluding hydrogens is 260 g/mol. The quantitative estimate of drug-likeness (QED) is 0.592. The van der Waals surface area contributed by atoms with Crippen LogP contribution in [0.4, 0.5) is 0 Å². The lowest BCUT2D eigenvalue weighted by atomic mass is 9.75. The van der Waals surface area contributed by atoms with E-state index in [2.05, 4.69) is 20.8 Å². The Morgan fingerprint density at radius 3 is 2.62 bits per heavy atom. The Morgan fingerprint density at radius 1 is 1.24 bits per heavy atom. The average Bonchev–Trinajstić information content (AvgIpc) is 2.46. The number of carbonyl (C=O) groups excluding carboxylic acids is 1. The van der Waals surface area contributed by atoms with Crippen LogP contribution in [0.25, 0.3) is 6.08 Å². The van der Waals surface area contributed by atoms with Crippen LogP contribution in [0.1, 0.15) is 45.6 Å². The summed E-state index contributed by atoms with van der Waals surface area (Å²) in [4.78, 5) is 12.1. The minimum Gasteiger partial charge on any atom is -0.459 e. The topological polar surface area (TPSA) is 26.3 Å². The lowest BCUT2D eigenvalue weighted by molar-refractivity contribution is -0.149. The van der Waals surface area contributed by atoms with E-state index in [9.17, 15) is 4.79 Å². The van der Waals surface area contributed by atoms with Crippen LogP contribution >= 0.6 is 0 Å². The highest BCUT2D eigenvalue weighted by Crippen LogP contribution is 2.35. The third kappa shape index (κ3) is 4.73. The Kier molecular flexibility index (Phi) is 5.60. The minimum atomic E-state index is -0.219. The van der Waals surface area contributed by atoms with Gasteiger partial charge in [-0.3, -0.25) is 0 Å². The van der Waals surface area contributed by atoms with Gasteiger partial charge in [0.15, 0.2) is 0 Å². The Bertz CT molecular complexity index is 476. The van der Waals surface area contributed by atoms with E-state index in [0.29, 0.717) is 17.8 Å². The summed E-state index contributed by atoms with van der Waals surface area (Å²) < 4.78 is 5.73. The van der Waals surface area contributed by atoms with Gasteiger partial charge in [-0.25, -0.2) is 4.79 Å². The summed E-state index contributed by atoms with van der Waals surface area (Å²) in [6, 6.07) is 9.84. The summed E-state index contributed by atoms with van der Waals surface area (Å²) in [6.07, 6.45) is 6.84. The maximum atomic E-state index is 12.1. The van der Waals surface area contributed by atoms with Gasteiger partial charge in [0.25, 0.3) is 0 Å². The number of benzene rings is 1. The molecule has 2 heteroatoms. The van der Waals surface area contributed by atoms with Gasteiger partial charge in [-0.1, -0.05) is 57.5 Å². The van der Waals surface area contributed by atoms with Crippen molar-refractivity contribution in [2.45, 2.75) is 46.1 Å². The van der Waals surface area contributed by atoms with Crippen LogP contribution in [0.3, 0.4) is 0 Å². The standard InChI is InChI=1S/C19H26O2/c1-14(2)17-11-9-15(3)13-18(17)21-19(20)12-10-16-7-5-4-6-8-16/h4-8,10,12,14-15,17-18H,9,11,13H2,1-3H3/t15-,17-,18-/m1/s1. The van der Waals surface area contributed by atoms with Crippen molar-refractivity contribution in [1.29, 1.82) is 0 Å². The van der Waals surface area contributed by atoms with Crippen LogP contribution in [-0.4, -0.2) is 12.1 Å². The van der Waals surface area contributed by atoms with Crippen LogP contribution in [0, 0.1) is 17.8 Å². The summed E-state index contributed by atoms with van der Waals surface area (Å²) in [5, 5.41) is 0. The molecule has 0 radical (unpaired) electrons. The molecule has 2 rings (SSSR count). The Hall–Kier alpha value is -1.57. The van der Waals surface area contributed by atoms with Crippen LogP contribution in [0.15, 0.2) is 36.4 Å². The van der Waals surface area contributed by atoms with Gasteiger partial charge in [-0.15, -0.1) is 0 Å². The van der Waals surface area contributed by atoms with Gasteiger partial charge in [0.05, 0.1) is 0 Å². The summed E-state index contributed by atoms with van der Waals surface area (Å²) in [6.45, 7) is 6.69. The molecule has 1 aliphatic rings. The number of hydrogen-bond donors (Lipinski definition) is 0. The normalized spacial score (nSPS) is 26.2. The molecule has 21 heavy (non-hydrogen) atoms. The molecule has 0 unspecified atom stereocenters. The monoisotopic (exact) mass is 286 g/mol. The maximum Gasteiger partial charge on any atom is 0.331 e. The molecule has 1 saturated carbocycles. The number of esters is 1. The third-order valence-electron chi connectivity index (χ3n) is 4.44. The predicted molar refractivity (Wildman–Crippen MR) is 86.7 cm³/mol. The fourth-order valence-electron chi connectivity index (χ4n) is 3.17. The van der Waals surface area contributed by atoms with E-state index >= 15 is 0 Å². The highest BCUT2D eigenvalue weighted by molar-refractivity contribution is 5.87. The van der Waals surface area contributed by atoms with Gasteiger partial charge in [-0.2, -0.15) is 0 Å². The van der Waals surface area contributed by atoms with Gasteiger partial charge in [-0.05, 0) is 42.2 Å². The lowest BCUT2D eigenvalue weighted by Crippen LogP contribution is -2.35. The van der Waals surface area contributed by atoms with Crippen LogP contribution in [-0.2, 0) is 9.53 Å². The molecular formula is C19H26O2. The molecule has 0 amide bonds. The largest absolute Gasteiger partial charge is 0.459 e. The second-order valence-electron chi connectivity index (χ2n) is 6.55. The molecule has 1 aliphatic carbocycles. The molecule has 0 saturated heterocycles. The summed E-state index contributed by atoms with van der Waals surface area (Å²) in [5.41, 5.74) is 1.02. The van der Waals surface area contributed by atoms with E-state index in [1.807, 2.05) is 36.4 Å². The van der Waals surface area contributed by atoms with Gasteiger partial charge in [0, 0.05) is 6.08 Å². The van der Waals surface area contributed by atoms with E-state index in [4.69, 9.17) is 4.74 Å². The zero-order chi connectivity index (χ0) is 15.2. The fourth-order valence-corrected chi connectivity index (χ4v) is 3.17.